The predicted octanol–water partition coefficient (Wildman–Crippen LogP) is 4.69. The Morgan fingerprint density at radius 2 is 1.12 bits per heavy atom. The third-order valence-corrected chi connectivity index (χ3v) is 4.87. The zero-order chi connectivity index (χ0) is 18.9. The van der Waals surface area contributed by atoms with E-state index in [1.807, 2.05) is 6.07 Å². The molecule has 3 aromatic rings. The van der Waals surface area contributed by atoms with Crippen LogP contribution in [0.2, 0.25) is 0 Å². The van der Waals surface area contributed by atoms with E-state index in [0.717, 1.165) is 28.8 Å². The third-order valence-electron chi connectivity index (χ3n) is 3.94. The van der Waals surface area contributed by atoms with Gasteiger partial charge in [-0.2, -0.15) is 13.2 Å². The minimum Gasteiger partial charge on any atom is -0.225 e. The smallest absolute Gasteiger partial charge is 0.225 e. The predicted molar refractivity (Wildman–Crippen MR) is 93.7 cm³/mol. The molecule has 0 radical (unpaired) electrons. The highest BCUT2D eigenvalue weighted by atomic mass is 32.2. The molecule has 0 bridgehead atoms. The molecule has 134 valence electrons. The molecule has 0 aliphatic heterocycles. The molecule has 0 spiro atoms. The lowest BCUT2D eigenvalue weighted by Gasteiger charge is -2.12. The molecule has 3 aromatic carbocycles. The molecule has 0 unspecified atom stereocenters. The topological polar surface area (TPSA) is 60.2 Å². The normalized spacial score (nSPS) is 12.2. The maximum Gasteiger partial charge on any atom is 0.416 e. The molecule has 0 saturated carbocycles. The van der Waals surface area contributed by atoms with Gasteiger partial charge in [0.2, 0.25) is 10.0 Å². The van der Waals surface area contributed by atoms with Gasteiger partial charge in [0.15, 0.2) is 0 Å². The molecule has 0 fully saturated rings. The minimum atomic E-state index is -4.39. The lowest BCUT2D eigenvalue weighted by Crippen LogP contribution is -2.11. The standard InChI is InChI=1S/C19H14F3NO2S/c20-19(21,22)15-9-5-13(6-10-15)17-3-1-2-4-18(17)14-7-11-16(12-8-14)26(23,24)25/h1-12H,(H2,23,24,25). The van der Waals surface area contributed by atoms with Crippen molar-refractivity contribution in [2.75, 3.05) is 0 Å². The summed E-state index contributed by atoms with van der Waals surface area (Å²) in [5, 5.41) is 5.10. The number of primary sulfonamides is 1. The lowest BCUT2D eigenvalue weighted by molar-refractivity contribution is -0.137. The molecule has 0 saturated heterocycles. The molecular weight excluding hydrogens is 363 g/mol. The highest BCUT2D eigenvalue weighted by Gasteiger charge is 2.30. The van der Waals surface area contributed by atoms with Crippen molar-refractivity contribution in [3.63, 3.8) is 0 Å². The summed E-state index contributed by atoms with van der Waals surface area (Å²) >= 11 is 0. The van der Waals surface area contributed by atoms with Crippen molar-refractivity contribution < 1.29 is 21.6 Å². The van der Waals surface area contributed by atoms with E-state index < -0.39 is 21.8 Å². The van der Waals surface area contributed by atoms with Gasteiger partial charge in [-0.15, -0.1) is 0 Å². The third kappa shape index (κ3) is 3.79. The van der Waals surface area contributed by atoms with E-state index in [9.17, 15) is 21.6 Å². The highest BCUT2D eigenvalue weighted by molar-refractivity contribution is 7.89. The molecule has 0 aliphatic rings. The second-order valence-corrected chi connectivity index (χ2v) is 7.25. The number of sulfonamides is 1. The van der Waals surface area contributed by atoms with Crippen LogP contribution in [0.4, 0.5) is 13.2 Å². The first kappa shape index (κ1) is 18.2. The Bertz CT molecular complexity index is 1030. The average Bonchev–Trinajstić information content (AvgIpc) is 2.60. The molecular formula is C19H14F3NO2S. The van der Waals surface area contributed by atoms with Gasteiger partial charge in [0, 0.05) is 0 Å². The van der Waals surface area contributed by atoms with Crippen LogP contribution in [0.1, 0.15) is 5.56 Å². The van der Waals surface area contributed by atoms with Crippen LogP contribution in [0.25, 0.3) is 22.3 Å². The van der Waals surface area contributed by atoms with Gasteiger partial charge in [0.05, 0.1) is 10.5 Å². The summed E-state index contributed by atoms with van der Waals surface area (Å²) in [7, 11) is -3.79. The number of rotatable bonds is 3. The van der Waals surface area contributed by atoms with Crippen LogP contribution < -0.4 is 5.14 Å². The Morgan fingerprint density at radius 3 is 1.50 bits per heavy atom. The highest BCUT2D eigenvalue weighted by Crippen LogP contribution is 2.35. The van der Waals surface area contributed by atoms with Gasteiger partial charge in [0.1, 0.15) is 0 Å². The van der Waals surface area contributed by atoms with Crippen molar-refractivity contribution in [1.29, 1.82) is 0 Å². The van der Waals surface area contributed by atoms with Crippen molar-refractivity contribution >= 4 is 10.0 Å². The molecule has 0 atom stereocenters. The van der Waals surface area contributed by atoms with Gasteiger partial charge in [-0.05, 0) is 46.5 Å². The maximum absolute atomic E-state index is 12.7. The second-order valence-electron chi connectivity index (χ2n) is 5.69. The first-order valence-electron chi connectivity index (χ1n) is 7.56. The van der Waals surface area contributed by atoms with Gasteiger partial charge in [-0.1, -0.05) is 48.5 Å². The Morgan fingerprint density at radius 1 is 0.692 bits per heavy atom. The van der Waals surface area contributed by atoms with Crippen molar-refractivity contribution in [3.05, 3.63) is 78.4 Å². The molecule has 0 aromatic heterocycles. The number of halogens is 3. The second kappa shape index (κ2) is 6.59. The monoisotopic (exact) mass is 377 g/mol. The van der Waals surface area contributed by atoms with Crippen LogP contribution in [-0.4, -0.2) is 8.42 Å². The van der Waals surface area contributed by atoms with E-state index in [4.69, 9.17) is 5.14 Å². The maximum atomic E-state index is 12.7. The van der Waals surface area contributed by atoms with E-state index in [-0.39, 0.29) is 4.90 Å². The molecule has 3 rings (SSSR count). The average molecular weight is 377 g/mol. The molecule has 26 heavy (non-hydrogen) atoms. The van der Waals surface area contributed by atoms with Gasteiger partial charge >= 0.3 is 6.18 Å². The number of hydrogen-bond acceptors (Lipinski definition) is 2. The van der Waals surface area contributed by atoms with Gasteiger partial charge in [-0.3, -0.25) is 0 Å². The summed E-state index contributed by atoms with van der Waals surface area (Å²) in [4.78, 5) is -0.00624. The van der Waals surface area contributed by atoms with Crippen LogP contribution in [-0.2, 0) is 16.2 Å². The zero-order valence-corrected chi connectivity index (χ0v) is 14.2. The van der Waals surface area contributed by atoms with E-state index in [0.29, 0.717) is 5.56 Å². The SMILES string of the molecule is NS(=O)(=O)c1ccc(-c2ccccc2-c2ccc(C(F)(F)F)cc2)cc1. The molecule has 3 nitrogen and oxygen atoms in total. The van der Waals surface area contributed by atoms with E-state index in [2.05, 4.69) is 0 Å². The molecule has 2 N–H and O–H groups in total. The van der Waals surface area contributed by atoms with E-state index in [1.54, 1.807) is 30.3 Å². The summed E-state index contributed by atoms with van der Waals surface area (Å²) in [6.07, 6.45) is -4.39. The van der Waals surface area contributed by atoms with Crippen molar-refractivity contribution in [2.24, 2.45) is 5.14 Å². The van der Waals surface area contributed by atoms with Crippen molar-refractivity contribution in [1.82, 2.24) is 0 Å². The lowest BCUT2D eigenvalue weighted by atomic mass is 9.94. The van der Waals surface area contributed by atoms with Crippen molar-refractivity contribution in [2.45, 2.75) is 11.1 Å². The Hall–Kier alpha value is -2.64. The molecule has 7 heteroatoms. The summed E-state index contributed by atoms with van der Waals surface area (Å²) in [6.45, 7) is 0. The van der Waals surface area contributed by atoms with Crippen LogP contribution in [0.5, 0.6) is 0 Å². The quantitative estimate of drug-likeness (QED) is 0.720. The molecule has 0 aliphatic carbocycles. The Labute approximate surface area is 149 Å². The van der Waals surface area contributed by atoms with Crippen LogP contribution >= 0.6 is 0 Å². The summed E-state index contributed by atoms with van der Waals surface area (Å²) in [5.74, 6) is 0. The van der Waals surface area contributed by atoms with Gasteiger partial charge in [-0.25, -0.2) is 13.6 Å². The molecule has 0 amide bonds. The Balaban J connectivity index is 2.04. The minimum absolute atomic E-state index is 0.00624. The van der Waals surface area contributed by atoms with E-state index >= 15 is 0 Å². The van der Waals surface area contributed by atoms with Crippen LogP contribution in [0, 0.1) is 0 Å². The van der Waals surface area contributed by atoms with Crippen LogP contribution in [0.15, 0.2) is 77.7 Å². The van der Waals surface area contributed by atoms with Gasteiger partial charge < -0.3 is 0 Å². The first-order valence-corrected chi connectivity index (χ1v) is 9.11. The zero-order valence-electron chi connectivity index (χ0n) is 13.4. The summed E-state index contributed by atoms with van der Waals surface area (Å²) in [6, 6.07) is 18.1. The number of alkyl halides is 3. The Kier molecular flexibility index (Phi) is 4.60. The molecule has 0 heterocycles. The van der Waals surface area contributed by atoms with Crippen LogP contribution in [0.3, 0.4) is 0 Å². The fourth-order valence-corrected chi connectivity index (χ4v) is 3.16. The number of hydrogen-bond donors (Lipinski definition) is 1. The first-order chi connectivity index (χ1) is 12.2. The number of nitrogens with two attached hydrogens (primary N) is 1. The van der Waals surface area contributed by atoms with Crippen molar-refractivity contribution in [3.8, 4) is 22.3 Å². The van der Waals surface area contributed by atoms with Gasteiger partial charge in [0.25, 0.3) is 0 Å². The fourth-order valence-electron chi connectivity index (χ4n) is 2.65. The summed E-state index contributed by atoms with van der Waals surface area (Å²) in [5.41, 5.74) is 2.16. The largest absolute Gasteiger partial charge is 0.416 e. The number of benzene rings is 3. The van der Waals surface area contributed by atoms with E-state index in [1.165, 1.54) is 24.3 Å². The fraction of sp³-hybridized carbons (Fsp3) is 0.0526. The summed E-state index contributed by atoms with van der Waals surface area (Å²) < 4.78 is 61.0.